The molecule has 0 saturated heterocycles. The standard InChI is InChI=1S/C27H47NO3/c1-19(2)31-26-17-20(15-16-25(26)30-3)18-28(22-11-5-6-12-22)27(29)24-14-8-10-21-9-4-7-13-23(21)24/h19-26H,4-18H2,1-3H3. The summed E-state index contributed by atoms with van der Waals surface area (Å²) in [5, 5.41) is 0. The van der Waals surface area contributed by atoms with Crippen LogP contribution in [-0.2, 0) is 14.3 Å². The second kappa shape index (κ2) is 11.0. The van der Waals surface area contributed by atoms with Crippen molar-refractivity contribution in [1.82, 2.24) is 4.90 Å². The number of amides is 1. The predicted octanol–water partition coefficient (Wildman–Crippen LogP) is 5.97. The van der Waals surface area contributed by atoms with Crippen molar-refractivity contribution in [3.05, 3.63) is 0 Å². The molecule has 0 aliphatic heterocycles. The molecule has 4 aliphatic rings. The molecular formula is C27H47NO3. The lowest BCUT2D eigenvalue weighted by molar-refractivity contribution is -0.145. The van der Waals surface area contributed by atoms with Crippen LogP contribution in [0.4, 0.5) is 0 Å². The number of hydrogen-bond donors (Lipinski definition) is 0. The van der Waals surface area contributed by atoms with Gasteiger partial charge >= 0.3 is 0 Å². The fourth-order valence-electron chi connectivity index (χ4n) is 7.48. The minimum Gasteiger partial charge on any atom is -0.379 e. The van der Waals surface area contributed by atoms with E-state index in [9.17, 15) is 4.79 Å². The molecule has 4 fully saturated rings. The maximum Gasteiger partial charge on any atom is 0.226 e. The molecule has 4 heteroatoms. The number of nitrogens with zero attached hydrogens (tertiary/aromatic N) is 1. The monoisotopic (exact) mass is 433 g/mol. The summed E-state index contributed by atoms with van der Waals surface area (Å²) in [5.74, 6) is 2.87. The zero-order chi connectivity index (χ0) is 21.8. The largest absolute Gasteiger partial charge is 0.379 e. The minimum absolute atomic E-state index is 0.168. The topological polar surface area (TPSA) is 38.8 Å². The summed E-state index contributed by atoms with van der Waals surface area (Å²) in [6.07, 6.45) is 18.0. The number of fused-ring (bicyclic) bond motifs is 1. The Morgan fingerprint density at radius 3 is 2.32 bits per heavy atom. The third-order valence-corrected chi connectivity index (χ3v) is 8.98. The summed E-state index contributed by atoms with van der Waals surface area (Å²) < 4.78 is 12.0. The maximum atomic E-state index is 14.1. The third kappa shape index (κ3) is 5.66. The van der Waals surface area contributed by atoms with Crippen LogP contribution in [0.3, 0.4) is 0 Å². The van der Waals surface area contributed by atoms with Crippen LogP contribution >= 0.6 is 0 Å². The number of ether oxygens (including phenoxy) is 2. The van der Waals surface area contributed by atoms with Gasteiger partial charge in [0.15, 0.2) is 0 Å². The van der Waals surface area contributed by atoms with Gasteiger partial charge < -0.3 is 14.4 Å². The molecule has 4 aliphatic carbocycles. The Bertz CT molecular complexity index is 571. The summed E-state index contributed by atoms with van der Waals surface area (Å²) in [6.45, 7) is 5.19. The molecule has 31 heavy (non-hydrogen) atoms. The minimum atomic E-state index is 0.168. The summed E-state index contributed by atoms with van der Waals surface area (Å²) in [5.41, 5.74) is 0. The van der Waals surface area contributed by atoms with Gasteiger partial charge in [-0.1, -0.05) is 44.9 Å². The predicted molar refractivity (Wildman–Crippen MR) is 125 cm³/mol. The van der Waals surface area contributed by atoms with Crippen molar-refractivity contribution in [2.45, 2.75) is 128 Å². The van der Waals surface area contributed by atoms with E-state index in [1.165, 1.54) is 64.2 Å². The Morgan fingerprint density at radius 2 is 1.58 bits per heavy atom. The number of carbonyl (C=O) groups excluding carboxylic acids is 1. The fraction of sp³-hybridized carbons (Fsp3) is 0.963. The van der Waals surface area contributed by atoms with Gasteiger partial charge in [0.25, 0.3) is 0 Å². The van der Waals surface area contributed by atoms with E-state index in [1.807, 2.05) is 7.11 Å². The first-order chi connectivity index (χ1) is 15.1. The highest BCUT2D eigenvalue weighted by Gasteiger charge is 2.43. The zero-order valence-corrected chi connectivity index (χ0v) is 20.4. The average molecular weight is 434 g/mol. The highest BCUT2D eigenvalue weighted by atomic mass is 16.5. The van der Waals surface area contributed by atoms with Gasteiger partial charge in [-0.3, -0.25) is 4.79 Å². The highest BCUT2D eigenvalue weighted by Crippen LogP contribution is 2.45. The summed E-state index contributed by atoms with van der Waals surface area (Å²) in [4.78, 5) is 16.5. The van der Waals surface area contributed by atoms with Crippen molar-refractivity contribution >= 4 is 5.91 Å². The van der Waals surface area contributed by atoms with Gasteiger partial charge in [-0.05, 0) is 76.5 Å². The molecular weight excluding hydrogens is 386 g/mol. The quantitative estimate of drug-likeness (QED) is 0.496. The Morgan fingerprint density at radius 1 is 0.871 bits per heavy atom. The molecule has 0 heterocycles. The van der Waals surface area contributed by atoms with E-state index in [-0.39, 0.29) is 18.3 Å². The first-order valence-electron chi connectivity index (χ1n) is 13.6. The molecule has 0 spiro atoms. The van der Waals surface area contributed by atoms with Crippen molar-refractivity contribution in [3.8, 4) is 0 Å². The lowest BCUT2D eigenvalue weighted by atomic mass is 9.65. The van der Waals surface area contributed by atoms with Crippen LogP contribution < -0.4 is 0 Å². The third-order valence-electron chi connectivity index (χ3n) is 8.98. The van der Waals surface area contributed by atoms with Crippen molar-refractivity contribution < 1.29 is 14.3 Å². The Kier molecular flexibility index (Phi) is 8.36. The fourth-order valence-corrected chi connectivity index (χ4v) is 7.48. The zero-order valence-electron chi connectivity index (χ0n) is 20.4. The van der Waals surface area contributed by atoms with Crippen molar-refractivity contribution in [2.75, 3.05) is 13.7 Å². The van der Waals surface area contributed by atoms with Gasteiger partial charge in [0.05, 0.1) is 18.3 Å². The van der Waals surface area contributed by atoms with Crippen LogP contribution in [0.25, 0.3) is 0 Å². The molecule has 6 atom stereocenters. The van der Waals surface area contributed by atoms with Gasteiger partial charge in [0.2, 0.25) is 5.91 Å². The van der Waals surface area contributed by atoms with Gasteiger partial charge in [0.1, 0.15) is 0 Å². The molecule has 0 aromatic carbocycles. The van der Waals surface area contributed by atoms with Gasteiger partial charge in [-0.2, -0.15) is 0 Å². The lowest BCUT2D eigenvalue weighted by Crippen LogP contribution is -2.50. The molecule has 178 valence electrons. The Labute approximate surface area is 190 Å². The summed E-state index contributed by atoms with van der Waals surface area (Å²) in [6, 6.07) is 0.487. The summed E-state index contributed by atoms with van der Waals surface area (Å²) >= 11 is 0. The number of rotatable bonds is 7. The van der Waals surface area contributed by atoms with Crippen LogP contribution in [0.5, 0.6) is 0 Å². The molecule has 0 bridgehead atoms. The van der Waals surface area contributed by atoms with Gasteiger partial charge in [-0.15, -0.1) is 0 Å². The molecule has 4 rings (SSSR count). The van der Waals surface area contributed by atoms with Crippen molar-refractivity contribution in [1.29, 1.82) is 0 Å². The molecule has 0 aromatic rings. The van der Waals surface area contributed by atoms with E-state index in [1.54, 1.807) is 0 Å². The first kappa shape index (κ1) is 23.5. The molecule has 4 nitrogen and oxygen atoms in total. The lowest BCUT2D eigenvalue weighted by Gasteiger charge is -2.45. The van der Waals surface area contributed by atoms with Crippen LogP contribution in [0.1, 0.15) is 104 Å². The SMILES string of the molecule is COC1CCC(CN(C(=O)C2CCCC3CCCCC32)C2CCCC2)CC1OC(C)C. The van der Waals surface area contributed by atoms with Gasteiger partial charge in [0, 0.05) is 25.6 Å². The van der Waals surface area contributed by atoms with Crippen molar-refractivity contribution in [3.63, 3.8) is 0 Å². The van der Waals surface area contributed by atoms with Crippen LogP contribution in [0, 0.1) is 23.7 Å². The van der Waals surface area contributed by atoms with E-state index in [0.29, 0.717) is 29.7 Å². The van der Waals surface area contributed by atoms with Crippen LogP contribution in [0.15, 0.2) is 0 Å². The molecule has 6 unspecified atom stereocenters. The maximum absolute atomic E-state index is 14.1. The van der Waals surface area contributed by atoms with E-state index in [0.717, 1.165) is 38.1 Å². The molecule has 0 radical (unpaired) electrons. The summed E-state index contributed by atoms with van der Waals surface area (Å²) in [7, 11) is 1.82. The normalized spacial score (nSPS) is 37.0. The second-order valence-corrected chi connectivity index (χ2v) is 11.4. The van der Waals surface area contributed by atoms with E-state index < -0.39 is 0 Å². The Hall–Kier alpha value is -0.610. The highest BCUT2D eigenvalue weighted by molar-refractivity contribution is 5.79. The molecule has 1 amide bonds. The van der Waals surface area contributed by atoms with E-state index in [4.69, 9.17) is 9.47 Å². The molecule has 4 saturated carbocycles. The average Bonchev–Trinajstić information content (AvgIpc) is 3.31. The van der Waals surface area contributed by atoms with E-state index >= 15 is 0 Å². The number of hydrogen-bond acceptors (Lipinski definition) is 3. The molecule has 0 N–H and O–H groups in total. The number of carbonyl (C=O) groups is 1. The van der Waals surface area contributed by atoms with E-state index in [2.05, 4.69) is 18.7 Å². The Balaban J connectivity index is 1.46. The van der Waals surface area contributed by atoms with Crippen LogP contribution in [0.2, 0.25) is 0 Å². The van der Waals surface area contributed by atoms with Gasteiger partial charge in [-0.25, -0.2) is 0 Å². The van der Waals surface area contributed by atoms with Crippen LogP contribution in [-0.4, -0.2) is 48.8 Å². The second-order valence-electron chi connectivity index (χ2n) is 11.4. The smallest absolute Gasteiger partial charge is 0.226 e. The number of methoxy groups -OCH3 is 1. The molecule has 0 aromatic heterocycles. The first-order valence-corrected chi connectivity index (χ1v) is 13.6. The van der Waals surface area contributed by atoms with Crippen molar-refractivity contribution in [2.24, 2.45) is 23.7 Å².